The summed E-state index contributed by atoms with van der Waals surface area (Å²) < 4.78 is 5.33. The first-order valence-corrected chi connectivity index (χ1v) is 6.34. The van der Waals surface area contributed by atoms with Gasteiger partial charge in [0.15, 0.2) is 0 Å². The smallest absolute Gasteiger partial charge is 0.122 e. The minimum absolute atomic E-state index is 0.557. The van der Waals surface area contributed by atoms with Crippen molar-refractivity contribution in [2.24, 2.45) is 17.6 Å². The van der Waals surface area contributed by atoms with E-state index in [2.05, 4.69) is 39.8 Å². The highest BCUT2D eigenvalue weighted by Crippen LogP contribution is 2.26. The Hall–Kier alpha value is -1.02. The molecule has 0 spiro atoms. The lowest BCUT2D eigenvalue weighted by Gasteiger charge is -2.21. The monoisotopic (exact) mass is 235 g/mol. The molecule has 17 heavy (non-hydrogen) atoms. The lowest BCUT2D eigenvalue weighted by molar-refractivity contribution is 0.390. The molecule has 1 aromatic rings. The third-order valence-electron chi connectivity index (χ3n) is 3.80. The average Bonchev–Trinajstić information content (AvgIpc) is 2.30. The maximum Gasteiger partial charge on any atom is 0.122 e. The molecule has 0 heterocycles. The second kappa shape index (κ2) is 6.06. The molecule has 1 rings (SSSR count). The van der Waals surface area contributed by atoms with Crippen molar-refractivity contribution in [1.29, 1.82) is 0 Å². The second-order valence-electron chi connectivity index (χ2n) is 5.12. The Kier molecular flexibility index (Phi) is 5.01. The number of hydrogen-bond donors (Lipinski definition) is 1. The van der Waals surface area contributed by atoms with Crippen molar-refractivity contribution in [3.8, 4) is 5.75 Å². The summed E-state index contributed by atoms with van der Waals surface area (Å²) in [6.07, 6.45) is 1.06. The first-order valence-electron chi connectivity index (χ1n) is 6.34. The van der Waals surface area contributed by atoms with Gasteiger partial charge in [-0.25, -0.2) is 0 Å². The van der Waals surface area contributed by atoms with Gasteiger partial charge in [0.05, 0.1) is 7.11 Å². The zero-order chi connectivity index (χ0) is 13.0. The summed E-state index contributed by atoms with van der Waals surface area (Å²) in [5.41, 5.74) is 9.81. The van der Waals surface area contributed by atoms with Gasteiger partial charge in [-0.05, 0) is 61.4 Å². The van der Waals surface area contributed by atoms with Crippen LogP contribution in [0.1, 0.15) is 30.5 Å². The molecular formula is C15H25NO. The first-order chi connectivity index (χ1) is 8.01. The molecule has 0 aliphatic carbocycles. The van der Waals surface area contributed by atoms with Crippen LogP contribution in [0.4, 0.5) is 0 Å². The Bertz CT molecular complexity index is 371. The van der Waals surface area contributed by atoms with Gasteiger partial charge in [0.1, 0.15) is 5.75 Å². The SMILES string of the molecule is COc1ccc(CC(CN)C(C)C)c(C)c1C. The lowest BCUT2D eigenvalue weighted by Crippen LogP contribution is -2.22. The minimum atomic E-state index is 0.557. The molecule has 0 saturated heterocycles. The Balaban J connectivity index is 2.96. The van der Waals surface area contributed by atoms with E-state index in [1.807, 2.05) is 0 Å². The van der Waals surface area contributed by atoms with Crippen LogP contribution in [0.2, 0.25) is 0 Å². The highest BCUT2D eigenvalue weighted by atomic mass is 16.5. The molecule has 2 nitrogen and oxygen atoms in total. The van der Waals surface area contributed by atoms with Crippen LogP contribution in [0.25, 0.3) is 0 Å². The molecule has 1 atom stereocenters. The van der Waals surface area contributed by atoms with E-state index in [0.717, 1.165) is 18.7 Å². The van der Waals surface area contributed by atoms with Crippen LogP contribution in [0.3, 0.4) is 0 Å². The number of ether oxygens (including phenoxy) is 1. The quantitative estimate of drug-likeness (QED) is 0.851. The van der Waals surface area contributed by atoms with E-state index in [1.165, 1.54) is 16.7 Å². The van der Waals surface area contributed by atoms with Gasteiger partial charge in [0.2, 0.25) is 0 Å². The number of nitrogens with two attached hydrogens (primary N) is 1. The molecular weight excluding hydrogens is 210 g/mol. The molecule has 0 fully saturated rings. The zero-order valence-corrected chi connectivity index (χ0v) is 11.7. The normalized spacial score (nSPS) is 12.9. The van der Waals surface area contributed by atoms with E-state index < -0.39 is 0 Å². The van der Waals surface area contributed by atoms with Crippen molar-refractivity contribution < 1.29 is 4.74 Å². The lowest BCUT2D eigenvalue weighted by atomic mass is 9.87. The molecule has 0 radical (unpaired) electrons. The van der Waals surface area contributed by atoms with E-state index in [0.29, 0.717) is 11.8 Å². The predicted molar refractivity (Wildman–Crippen MR) is 73.6 cm³/mol. The van der Waals surface area contributed by atoms with Crippen LogP contribution < -0.4 is 10.5 Å². The molecule has 0 saturated carbocycles. The number of benzene rings is 1. The molecule has 1 aromatic carbocycles. The molecule has 1 unspecified atom stereocenters. The summed E-state index contributed by atoms with van der Waals surface area (Å²) in [5.74, 6) is 2.16. The van der Waals surface area contributed by atoms with Gasteiger partial charge in [-0.3, -0.25) is 0 Å². The highest BCUT2D eigenvalue weighted by Gasteiger charge is 2.15. The summed E-state index contributed by atoms with van der Waals surface area (Å²) in [5, 5.41) is 0. The standard InChI is InChI=1S/C15H25NO/c1-10(2)14(9-16)8-13-6-7-15(17-5)12(4)11(13)3/h6-7,10,14H,8-9,16H2,1-5H3. The summed E-state index contributed by atoms with van der Waals surface area (Å²) in [6, 6.07) is 4.23. The zero-order valence-electron chi connectivity index (χ0n) is 11.7. The van der Waals surface area contributed by atoms with E-state index in [4.69, 9.17) is 10.5 Å². The topological polar surface area (TPSA) is 35.2 Å². The average molecular weight is 235 g/mol. The molecule has 0 aliphatic heterocycles. The Morgan fingerprint density at radius 2 is 1.82 bits per heavy atom. The molecule has 2 heteroatoms. The Morgan fingerprint density at radius 1 is 1.18 bits per heavy atom. The minimum Gasteiger partial charge on any atom is -0.496 e. The van der Waals surface area contributed by atoms with Crippen LogP contribution in [0.5, 0.6) is 5.75 Å². The van der Waals surface area contributed by atoms with Crippen LogP contribution >= 0.6 is 0 Å². The van der Waals surface area contributed by atoms with Crippen LogP contribution in [-0.2, 0) is 6.42 Å². The van der Waals surface area contributed by atoms with Crippen molar-refractivity contribution in [1.82, 2.24) is 0 Å². The summed E-state index contributed by atoms with van der Waals surface area (Å²) in [4.78, 5) is 0. The van der Waals surface area contributed by atoms with Gasteiger partial charge in [0, 0.05) is 0 Å². The van der Waals surface area contributed by atoms with Gasteiger partial charge in [-0.15, -0.1) is 0 Å². The summed E-state index contributed by atoms with van der Waals surface area (Å²) in [6.45, 7) is 9.51. The van der Waals surface area contributed by atoms with Gasteiger partial charge in [-0.1, -0.05) is 19.9 Å². The van der Waals surface area contributed by atoms with Crippen molar-refractivity contribution in [3.05, 3.63) is 28.8 Å². The van der Waals surface area contributed by atoms with Crippen molar-refractivity contribution >= 4 is 0 Å². The molecule has 0 amide bonds. The van der Waals surface area contributed by atoms with E-state index in [-0.39, 0.29) is 0 Å². The molecule has 96 valence electrons. The fraction of sp³-hybridized carbons (Fsp3) is 0.600. The van der Waals surface area contributed by atoms with Crippen molar-refractivity contribution in [2.75, 3.05) is 13.7 Å². The van der Waals surface area contributed by atoms with Gasteiger partial charge in [-0.2, -0.15) is 0 Å². The van der Waals surface area contributed by atoms with Gasteiger partial charge < -0.3 is 10.5 Å². The maximum absolute atomic E-state index is 5.84. The Labute approximate surface area is 105 Å². The largest absolute Gasteiger partial charge is 0.496 e. The third kappa shape index (κ3) is 3.22. The van der Waals surface area contributed by atoms with E-state index in [9.17, 15) is 0 Å². The molecule has 0 aromatic heterocycles. The summed E-state index contributed by atoms with van der Waals surface area (Å²) >= 11 is 0. The second-order valence-corrected chi connectivity index (χ2v) is 5.12. The first kappa shape index (κ1) is 14.0. The fourth-order valence-electron chi connectivity index (χ4n) is 2.17. The molecule has 0 bridgehead atoms. The maximum atomic E-state index is 5.84. The van der Waals surface area contributed by atoms with Gasteiger partial charge in [0.25, 0.3) is 0 Å². The van der Waals surface area contributed by atoms with Gasteiger partial charge >= 0.3 is 0 Å². The Morgan fingerprint density at radius 3 is 2.29 bits per heavy atom. The summed E-state index contributed by atoms with van der Waals surface area (Å²) in [7, 11) is 1.72. The predicted octanol–water partition coefficient (Wildman–Crippen LogP) is 3.09. The molecule has 2 N–H and O–H groups in total. The van der Waals surface area contributed by atoms with Crippen molar-refractivity contribution in [3.63, 3.8) is 0 Å². The van der Waals surface area contributed by atoms with E-state index >= 15 is 0 Å². The highest BCUT2D eigenvalue weighted by molar-refractivity contribution is 5.43. The number of hydrogen-bond acceptors (Lipinski definition) is 2. The molecule has 0 aliphatic rings. The number of rotatable bonds is 5. The van der Waals surface area contributed by atoms with Crippen molar-refractivity contribution in [2.45, 2.75) is 34.1 Å². The van der Waals surface area contributed by atoms with Crippen LogP contribution in [0.15, 0.2) is 12.1 Å². The fourth-order valence-corrected chi connectivity index (χ4v) is 2.17. The third-order valence-corrected chi connectivity index (χ3v) is 3.80. The van der Waals surface area contributed by atoms with Crippen LogP contribution in [-0.4, -0.2) is 13.7 Å². The van der Waals surface area contributed by atoms with Crippen LogP contribution in [0, 0.1) is 25.7 Å². The van der Waals surface area contributed by atoms with E-state index in [1.54, 1.807) is 7.11 Å². The number of methoxy groups -OCH3 is 1.